The van der Waals surface area contributed by atoms with Crippen LogP contribution < -0.4 is 5.32 Å². The third kappa shape index (κ3) is 3.16. The van der Waals surface area contributed by atoms with E-state index in [-0.39, 0.29) is 17.5 Å². The molecule has 0 bridgehead atoms. The van der Waals surface area contributed by atoms with Crippen molar-refractivity contribution in [3.63, 3.8) is 0 Å². The van der Waals surface area contributed by atoms with Gasteiger partial charge in [0.1, 0.15) is 0 Å². The first kappa shape index (κ1) is 14.7. The second-order valence-electron chi connectivity index (χ2n) is 5.64. The number of aryl methyl sites for hydroxylation is 1. The number of hydrogen-bond acceptors (Lipinski definition) is 3. The maximum atomic E-state index is 9.77. The summed E-state index contributed by atoms with van der Waals surface area (Å²) in [7, 11) is 0. The summed E-state index contributed by atoms with van der Waals surface area (Å²) in [6.07, 6.45) is 1.76. The largest absolute Gasteiger partial charge is 0.504 e. The number of nitrogens with one attached hydrogen (secondary N) is 1. The van der Waals surface area contributed by atoms with Crippen LogP contribution in [0, 0.1) is 10.5 Å². The van der Waals surface area contributed by atoms with Crippen LogP contribution in [-0.2, 0) is 12.8 Å². The molecule has 1 atom stereocenters. The third-order valence-corrected chi connectivity index (χ3v) is 4.56. The molecule has 2 aromatic rings. The summed E-state index contributed by atoms with van der Waals surface area (Å²) in [5, 5.41) is 22.9. The molecule has 3 nitrogen and oxygen atoms in total. The Bertz CT molecular complexity index is 664. The molecule has 110 valence electrons. The third-order valence-electron chi connectivity index (χ3n) is 3.94. The van der Waals surface area contributed by atoms with Gasteiger partial charge in [0.25, 0.3) is 0 Å². The molecule has 0 amide bonds. The van der Waals surface area contributed by atoms with E-state index in [1.54, 1.807) is 12.1 Å². The number of phenols is 2. The molecule has 1 aliphatic rings. The minimum absolute atomic E-state index is 0.0282. The Morgan fingerprint density at radius 2 is 1.90 bits per heavy atom. The molecule has 0 radical (unpaired) electrons. The lowest BCUT2D eigenvalue weighted by Gasteiger charge is -2.27. The molecule has 1 unspecified atom stereocenters. The van der Waals surface area contributed by atoms with Crippen LogP contribution in [0.15, 0.2) is 30.3 Å². The summed E-state index contributed by atoms with van der Waals surface area (Å²) in [6, 6.07) is 10.1. The second-order valence-corrected chi connectivity index (χ2v) is 6.88. The Kier molecular flexibility index (Phi) is 4.08. The fourth-order valence-corrected chi connectivity index (χ4v) is 3.91. The van der Waals surface area contributed by atoms with Gasteiger partial charge in [-0.3, -0.25) is 0 Å². The van der Waals surface area contributed by atoms with Crippen LogP contribution in [0.25, 0.3) is 0 Å². The smallest absolute Gasteiger partial charge is 0.157 e. The van der Waals surface area contributed by atoms with Crippen LogP contribution in [0.2, 0.25) is 0 Å². The van der Waals surface area contributed by atoms with Gasteiger partial charge in [-0.1, -0.05) is 6.07 Å². The van der Waals surface area contributed by atoms with E-state index in [4.69, 9.17) is 0 Å². The van der Waals surface area contributed by atoms with Crippen molar-refractivity contribution in [1.29, 1.82) is 0 Å². The topological polar surface area (TPSA) is 52.5 Å². The Hall–Kier alpha value is -1.27. The van der Waals surface area contributed by atoms with Crippen LogP contribution in [0.5, 0.6) is 11.5 Å². The first-order valence-electron chi connectivity index (χ1n) is 7.07. The number of hydrogen-bond donors (Lipinski definition) is 3. The zero-order chi connectivity index (χ0) is 15.0. The summed E-state index contributed by atoms with van der Waals surface area (Å²) in [6.45, 7) is 3.00. The molecule has 0 aliphatic carbocycles. The molecule has 3 rings (SSSR count). The Balaban J connectivity index is 1.93. The summed E-state index contributed by atoms with van der Waals surface area (Å²) < 4.78 is 1.24. The van der Waals surface area contributed by atoms with E-state index in [1.807, 2.05) is 0 Å². The lowest BCUT2D eigenvalue weighted by Crippen LogP contribution is -2.31. The first-order valence-corrected chi connectivity index (χ1v) is 8.15. The number of fused-ring (bicyclic) bond motifs is 1. The number of rotatable bonds is 2. The molecule has 3 N–H and O–H groups in total. The van der Waals surface area contributed by atoms with Gasteiger partial charge in [-0.2, -0.15) is 0 Å². The van der Waals surface area contributed by atoms with Crippen molar-refractivity contribution in [3.05, 3.63) is 56.2 Å². The van der Waals surface area contributed by atoms with Crippen LogP contribution in [-0.4, -0.2) is 16.8 Å². The van der Waals surface area contributed by atoms with Gasteiger partial charge < -0.3 is 15.5 Å². The van der Waals surface area contributed by atoms with Crippen molar-refractivity contribution in [2.45, 2.75) is 25.8 Å². The van der Waals surface area contributed by atoms with Gasteiger partial charge in [-0.25, -0.2) is 0 Å². The highest BCUT2D eigenvalue weighted by atomic mass is 127. The fraction of sp³-hybridized carbons (Fsp3) is 0.294. The van der Waals surface area contributed by atoms with Crippen molar-refractivity contribution >= 4 is 22.6 Å². The van der Waals surface area contributed by atoms with Crippen molar-refractivity contribution in [1.82, 2.24) is 5.32 Å². The highest BCUT2D eigenvalue weighted by Crippen LogP contribution is 2.35. The van der Waals surface area contributed by atoms with Gasteiger partial charge >= 0.3 is 0 Å². The van der Waals surface area contributed by atoms with Gasteiger partial charge in [-0.15, -0.1) is 0 Å². The highest BCUT2D eigenvalue weighted by molar-refractivity contribution is 14.1. The van der Waals surface area contributed by atoms with E-state index in [0.29, 0.717) is 0 Å². The molecule has 0 spiro atoms. The van der Waals surface area contributed by atoms with E-state index in [2.05, 4.69) is 53.0 Å². The molecule has 2 aromatic carbocycles. The van der Waals surface area contributed by atoms with Crippen molar-refractivity contribution in [2.75, 3.05) is 6.54 Å². The SMILES string of the molecule is Cc1cc(I)cc(CC2NCCc3cc(O)c(O)cc32)c1. The molecule has 0 saturated carbocycles. The quantitative estimate of drug-likeness (QED) is 0.540. The van der Waals surface area contributed by atoms with Gasteiger partial charge in [0, 0.05) is 9.61 Å². The number of phenolic OH excluding ortho intramolecular Hbond substituents is 2. The number of aromatic hydroxyl groups is 2. The van der Waals surface area contributed by atoms with E-state index in [1.165, 1.54) is 14.7 Å². The molecule has 21 heavy (non-hydrogen) atoms. The average molecular weight is 395 g/mol. The molecule has 1 aliphatic heterocycles. The van der Waals surface area contributed by atoms with Gasteiger partial charge in [0.2, 0.25) is 0 Å². The summed E-state index contributed by atoms with van der Waals surface area (Å²) in [5.74, 6) is -0.0687. The average Bonchev–Trinajstić information content (AvgIpc) is 2.40. The van der Waals surface area contributed by atoms with E-state index < -0.39 is 0 Å². The zero-order valence-electron chi connectivity index (χ0n) is 11.9. The molecular formula is C17H18INO2. The second kappa shape index (κ2) is 5.85. The van der Waals surface area contributed by atoms with Gasteiger partial charge in [-0.05, 0) is 95.4 Å². The number of halogens is 1. The van der Waals surface area contributed by atoms with Crippen LogP contribution in [0.1, 0.15) is 28.3 Å². The first-order chi connectivity index (χ1) is 10.0. The normalized spacial score (nSPS) is 17.5. The minimum atomic E-state index is -0.0405. The predicted molar refractivity (Wildman–Crippen MR) is 91.8 cm³/mol. The van der Waals surface area contributed by atoms with Crippen LogP contribution in [0.4, 0.5) is 0 Å². The Labute approximate surface area is 138 Å². The highest BCUT2D eigenvalue weighted by Gasteiger charge is 2.22. The molecule has 1 heterocycles. The molecule has 0 fully saturated rings. The predicted octanol–water partition coefficient (Wildman–Crippen LogP) is 3.44. The maximum Gasteiger partial charge on any atom is 0.157 e. The van der Waals surface area contributed by atoms with Crippen molar-refractivity contribution < 1.29 is 10.2 Å². The van der Waals surface area contributed by atoms with Gasteiger partial charge in [0.15, 0.2) is 11.5 Å². The summed E-state index contributed by atoms with van der Waals surface area (Å²) in [4.78, 5) is 0. The van der Waals surface area contributed by atoms with E-state index in [9.17, 15) is 10.2 Å². The van der Waals surface area contributed by atoms with Crippen LogP contribution in [0.3, 0.4) is 0 Å². The molecule has 0 saturated heterocycles. The molecule has 4 heteroatoms. The molecular weight excluding hydrogens is 377 g/mol. The Morgan fingerprint density at radius 1 is 1.14 bits per heavy atom. The van der Waals surface area contributed by atoms with Crippen molar-refractivity contribution in [2.24, 2.45) is 0 Å². The van der Waals surface area contributed by atoms with Crippen molar-refractivity contribution in [3.8, 4) is 11.5 Å². The lowest BCUT2D eigenvalue weighted by molar-refractivity contribution is 0.398. The fourth-order valence-electron chi connectivity index (χ4n) is 3.02. The zero-order valence-corrected chi connectivity index (χ0v) is 14.0. The van der Waals surface area contributed by atoms with E-state index in [0.717, 1.165) is 30.5 Å². The number of benzene rings is 2. The minimum Gasteiger partial charge on any atom is -0.504 e. The van der Waals surface area contributed by atoms with Gasteiger partial charge in [0.05, 0.1) is 0 Å². The molecule has 0 aromatic heterocycles. The summed E-state index contributed by atoms with van der Waals surface area (Å²) >= 11 is 2.34. The maximum absolute atomic E-state index is 9.77. The summed E-state index contributed by atoms with van der Waals surface area (Å²) in [5.41, 5.74) is 4.77. The lowest BCUT2D eigenvalue weighted by atomic mass is 9.89. The van der Waals surface area contributed by atoms with Crippen LogP contribution >= 0.6 is 22.6 Å². The van der Waals surface area contributed by atoms with E-state index >= 15 is 0 Å². The Morgan fingerprint density at radius 3 is 2.67 bits per heavy atom. The monoisotopic (exact) mass is 395 g/mol. The standard InChI is InChI=1S/C17H18INO2/c1-10-4-11(6-13(18)5-10)7-15-14-9-17(21)16(20)8-12(14)2-3-19-15/h4-6,8-9,15,19-21H,2-3,7H2,1H3.